The largest absolute Gasteiger partial charge is 0.481 e. The van der Waals surface area contributed by atoms with Gasteiger partial charge < -0.3 is 28.3 Å². The summed E-state index contributed by atoms with van der Waals surface area (Å²) in [6, 6.07) is 18.8. The van der Waals surface area contributed by atoms with Crippen molar-refractivity contribution in [3.05, 3.63) is 113 Å². The highest BCUT2D eigenvalue weighted by molar-refractivity contribution is 6.00. The number of methoxy groups -OCH3 is 2. The van der Waals surface area contributed by atoms with E-state index >= 15 is 0 Å². The molecule has 0 atom stereocenters. The Bertz CT molecular complexity index is 1340. The summed E-state index contributed by atoms with van der Waals surface area (Å²) in [6.45, 7) is 0.293. The van der Waals surface area contributed by atoms with E-state index in [0.29, 0.717) is 0 Å². The summed E-state index contributed by atoms with van der Waals surface area (Å²) in [5.74, 6) is -2.12. The van der Waals surface area contributed by atoms with Crippen LogP contribution in [0.3, 0.4) is 0 Å². The van der Waals surface area contributed by atoms with Crippen LogP contribution in [0.25, 0.3) is 0 Å². The molecule has 0 fully saturated rings. The zero-order chi connectivity index (χ0) is 26.2. The highest BCUT2D eigenvalue weighted by atomic mass is 16.6. The number of carbonyl (C=O) groups is 3. The lowest BCUT2D eigenvalue weighted by atomic mass is 10.2. The number of esters is 3. The van der Waals surface area contributed by atoms with Gasteiger partial charge in [0, 0.05) is 6.54 Å². The number of allylic oxidation sites excluding steroid dienone is 1. The quantitative estimate of drug-likeness (QED) is 0.302. The van der Waals surface area contributed by atoms with Gasteiger partial charge in [0.25, 0.3) is 5.76 Å². The SMILES string of the molecule is COC(=O)c1ncn(CC=C2OC(=O)C(OCc3ccccc3)=C2OCc2ccccc2)c1C(=O)OC. The minimum absolute atomic E-state index is 0.00119. The molecule has 3 aromatic rings. The number of cyclic esters (lactones) is 1. The normalized spacial score (nSPS) is 13.9. The standard InChI is InChI=1S/C27H24N2O8/c1-33-25(30)21-22(26(31)34-2)29(17-28-21)14-13-20-23(35-15-18-9-5-3-6-10-18)24(27(32)37-20)36-16-19-11-7-4-8-12-19/h3-13,17H,14-16H2,1-2H3. The molecule has 0 saturated heterocycles. The number of aromatic nitrogens is 2. The van der Waals surface area contributed by atoms with E-state index in [9.17, 15) is 14.4 Å². The van der Waals surface area contributed by atoms with Crippen LogP contribution in [0.15, 0.2) is 90.3 Å². The maximum Gasteiger partial charge on any atom is 0.383 e. The summed E-state index contributed by atoms with van der Waals surface area (Å²) in [7, 11) is 2.37. The number of hydrogen-bond donors (Lipinski definition) is 0. The monoisotopic (exact) mass is 504 g/mol. The molecule has 0 N–H and O–H groups in total. The van der Waals surface area contributed by atoms with Crippen molar-refractivity contribution in [3.63, 3.8) is 0 Å². The Morgan fingerprint density at radius 1 is 0.865 bits per heavy atom. The van der Waals surface area contributed by atoms with Crippen molar-refractivity contribution in [3.8, 4) is 0 Å². The van der Waals surface area contributed by atoms with E-state index in [1.165, 1.54) is 31.2 Å². The maximum atomic E-state index is 12.7. The first-order valence-electron chi connectivity index (χ1n) is 11.2. The van der Waals surface area contributed by atoms with Crippen LogP contribution in [0, 0.1) is 0 Å². The third kappa shape index (κ3) is 5.87. The summed E-state index contributed by atoms with van der Waals surface area (Å²) < 4.78 is 28.1. The minimum Gasteiger partial charge on any atom is -0.481 e. The molecule has 0 spiro atoms. The molecule has 2 aromatic carbocycles. The molecule has 0 saturated carbocycles. The summed E-state index contributed by atoms with van der Waals surface area (Å²) in [6.07, 6.45) is 2.81. The lowest BCUT2D eigenvalue weighted by molar-refractivity contribution is -0.136. The Morgan fingerprint density at radius 3 is 2.00 bits per heavy atom. The van der Waals surface area contributed by atoms with E-state index in [0.717, 1.165) is 11.1 Å². The average molecular weight is 504 g/mol. The van der Waals surface area contributed by atoms with E-state index < -0.39 is 17.9 Å². The molecule has 1 aliphatic rings. The van der Waals surface area contributed by atoms with Crippen LogP contribution < -0.4 is 0 Å². The third-order valence-corrected chi connectivity index (χ3v) is 5.34. The molecule has 37 heavy (non-hydrogen) atoms. The van der Waals surface area contributed by atoms with Crippen LogP contribution in [0.5, 0.6) is 0 Å². The maximum absolute atomic E-state index is 12.7. The number of ether oxygens (including phenoxy) is 5. The fraction of sp³-hybridized carbons (Fsp3) is 0.185. The average Bonchev–Trinajstić information content (AvgIpc) is 3.50. The van der Waals surface area contributed by atoms with E-state index in [4.69, 9.17) is 23.7 Å². The Balaban J connectivity index is 1.63. The van der Waals surface area contributed by atoms with E-state index in [-0.39, 0.29) is 48.4 Å². The molecule has 0 radical (unpaired) electrons. The highest BCUT2D eigenvalue weighted by Gasteiger charge is 2.34. The van der Waals surface area contributed by atoms with E-state index in [1.54, 1.807) is 0 Å². The van der Waals surface area contributed by atoms with Gasteiger partial charge in [-0.3, -0.25) is 0 Å². The summed E-state index contributed by atoms with van der Waals surface area (Å²) in [4.78, 5) is 41.1. The van der Waals surface area contributed by atoms with Crippen LogP contribution in [0.1, 0.15) is 32.1 Å². The lowest BCUT2D eigenvalue weighted by Gasteiger charge is -2.10. The molecule has 0 bridgehead atoms. The molecule has 4 rings (SSSR count). The van der Waals surface area contributed by atoms with Gasteiger partial charge in [0.1, 0.15) is 13.2 Å². The number of imidazole rings is 1. The number of benzene rings is 2. The van der Waals surface area contributed by atoms with Crippen molar-refractivity contribution in [2.75, 3.05) is 14.2 Å². The second-order valence-electron chi connectivity index (χ2n) is 7.74. The Labute approximate surface area is 212 Å². The first-order valence-corrected chi connectivity index (χ1v) is 11.2. The van der Waals surface area contributed by atoms with Gasteiger partial charge in [-0.1, -0.05) is 60.7 Å². The molecule has 1 aliphatic heterocycles. The van der Waals surface area contributed by atoms with Crippen molar-refractivity contribution < 1.29 is 38.1 Å². The van der Waals surface area contributed by atoms with Crippen molar-refractivity contribution in [2.24, 2.45) is 0 Å². The van der Waals surface area contributed by atoms with Gasteiger partial charge in [0.15, 0.2) is 17.1 Å². The van der Waals surface area contributed by atoms with Crippen molar-refractivity contribution >= 4 is 17.9 Å². The fourth-order valence-electron chi connectivity index (χ4n) is 3.51. The van der Waals surface area contributed by atoms with Gasteiger partial charge in [-0.25, -0.2) is 19.4 Å². The Kier molecular flexibility index (Phi) is 7.99. The third-order valence-electron chi connectivity index (χ3n) is 5.34. The second kappa shape index (κ2) is 11.7. The number of rotatable bonds is 10. The van der Waals surface area contributed by atoms with Crippen molar-refractivity contribution in [1.29, 1.82) is 0 Å². The summed E-state index contributed by atoms with van der Waals surface area (Å²) >= 11 is 0. The molecule has 0 amide bonds. The van der Waals surface area contributed by atoms with Crippen LogP contribution in [0.4, 0.5) is 0 Å². The number of carbonyl (C=O) groups excluding carboxylic acids is 3. The predicted octanol–water partition coefficient (Wildman–Crippen LogP) is 3.54. The van der Waals surface area contributed by atoms with Gasteiger partial charge in [-0.15, -0.1) is 0 Å². The van der Waals surface area contributed by atoms with Gasteiger partial charge >= 0.3 is 17.9 Å². The molecule has 0 aliphatic carbocycles. The van der Waals surface area contributed by atoms with Gasteiger partial charge in [0.05, 0.1) is 20.5 Å². The van der Waals surface area contributed by atoms with Gasteiger partial charge in [-0.2, -0.15) is 0 Å². The Morgan fingerprint density at radius 2 is 1.43 bits per heavy atom. The van der Waals surface area contributed by atoms with Crippen molar-refractivity contribution in [1.82, 2.24) is 9.55 Å². The fourth-order valence-corrected chi connectivity index (χ4v) is 3.51. The van der Waals surface area contributed by atoms with Crippen LogP contribution in [-0.4, -0.2) is 41.7 Å². The summed E-state index contributed by atoms with van der Waals surface area (Å²) in [5.41, 5.74) is 1.44. The van der Waals surface area contributed by atoms with Gasteiger partial charge in [0.2, 0.25) is 5.76 Å². The zero-order valence-electron chi connectivity index (χ0n) is 20.2. The van der Waals surface area contributed by atoms with E-state index in [1.807, 2.05) is 60.7 Å². The van der Waals surface area contributed by atoms with Crippen LogP contribution >= 0.6 is 0 Å². The Hall–Kier alpha value is -4.86. The highest BCUT2D eigenvalue weighted by Crippen LogP contribution is 2.30. The number of nitrogens with zero attached hydrogens (tertiary/aromatic N) is 2. The van der Waals surface area contributed by atoms with E-state index in [2.05, 4.69) is 4.98 Å². The van der Waals surface area contributed by atoms with Crippen molar-refractivity contribution in [2.45, 2.75) is 19.8 Å². The number of hydrogen-bond acceptors (Lipinski definition) is 9. The van der Waals surface area contributed by atoms with Gasteiger partial charge in [-0.05, 0) is 17.2 Å². The molecule has 2 heterocycles. The zero-order valence-corrected chi connectivity index (χ0v) is 20.2. The topological polar surface area (TPSA) is 115 Å². The molecule has 10 heteroatoms. The molecular weight excluding hydrogens is 480 g/mol. The first kappa shape index (κ1) is 25.2. The lowest BCUT2D eigenvalue weighted by Crippen LogP contribution is -2.15. The minimum atomic E-state index is -0.789. The smallest absolute Gasteiger partial charge is 0.383 e. The predicted molar refractivity (Wildman–Crippen MR) is 129 cm³/mol. The summed E-state index contributed by atoms with van der Waals surface area (Å²) in [5, 5.41) is 0. The molecule has 190 valence electrons. The molecule has 10 nitrogen and oxygen atoms in total. The van der Waals surface area contributed by atoms with Crippen LogP contribution in [-0.2, 0) is 48.2 Å². The molecular formula is C27H24N2O8. The molecule has 1 aromatic heterocycles. The molecule has 0 unspecified atom stereocenters. The second-order valence-corrected chi connectivity index (χ2v) is 7.74. The van der Waals surface area contributed by atoms with Crippen LogP contribution in [0.2, 0.25) is 0 Å². The first-order chi connectivity index (χ1) is 18.0.